The van der Waals surface area contributed by atoms with E-state index in [0.717, 1.165) is 106 Å². The lowest BCUT2D eigenvalue weighted by Gasteiger charge is -2.45. The first-order valence-corrected chi connectivity index (χ1v) is 31.4. The van der Waals surface area contributed by atoms with Crippen molar-refractivity contribution in [2.45, 2.75) is 26.2 Å². The van der Waals surface area contributed by atoms with Gasteiger partial charge in [0, 0.05) is 78.2 Å². The molecule has 0 saturated carbocycles. The summed E-state index contributed by atoms with van der Waals surface area (Å²) in [4.78, 5) is 32.2. The largest absolute Gasteiger partial charge is 0.311 e. The zero-order chi connectivity index (χ0) is 61.4. The fourth-order valence-corrected chi connectivity index (χ4v) is 13.9. The van der Waals surface area contributed by atoms with Gasteiger partial charge in [0.05, 0.1) is 33.8 Å². The third kappa shape index (κ3) is 9.27. The van der Waals surface area contributed by atoms with Gasteiger partial charge in [-0.2, -0.15) is 0 Å². The van der Waals surface area contributed by atoms with Crippen LogP contribution in [-0.2, 0) is 5.41 Å². The highest BCUT2D eigenvalue weighted by Gasteiger charge is 2.44. The molecule has 0 fully saturated rings. The molecule has 17 rings (SSSR count). The number of anilines is 6. The van der Waals surface area contributed by atoms with E-state index < -0.39 is 0 Å². The zero-order valence-corrected chi connectivity index (χ0v) is 51.0. The lowest BCUT2D eigenvalue weighted by atomic mass is 9.33. The van der Waals surface area contributed by atoms with Gasteiger partial charge in [0.25, 0.3) is 6.71 Å². The summed E-state index contributed by atoms with van der Waals surface area (Å²) in [5, 5.41) is 2.34. The summed E-state index contributed by atoms with van der Waals surface area (Å²) in [7, 11) is 0. The van der Waals surface area contributed by atoms with Gasteiger partial charge in [-0.25, -0.2) is 24.9 Å². The molecule has 0 saturated heterocycles. The first kappa shape index (κ1) is 54.4. The van der Waals surface area contributed by atoms with E-state index in [4.69, 9.17) is 24.9 Å². The molecule has 0 amide bonds. The lowest BCUT2D eigenvalue weighted by Crippen LogP contribution is -2.61. The summed E-state index contributed by atoms with van der Waals surface area (Å²) >= 11 is 0. The number of aromatic nitrogens is 6. The summed E-state index contributed by atoms with van der Waals surface area (Å²) in [6.45, 7) is 6.78. The van der Waals surface area contributed by atoms with Gasteiger partial charge < -0.3 is 14.4 Å². The van der Waals surface area contributed by atoms with E-state index in [0.29, 0.717) is 23.3 Å². The minimum Gasteiger partial charge on any atom is -0.311 e. The van der Waals surface area contributed by atoms with Gasteiger partial charge in [0.2, 0.25) is 0 Å². The Morgan fingerprint density at radius 3 is 1.47 bits per heavy atom. The number of para-hydroxylation sites is 5. The van der Waals surface area contributed by atoms with Crippen LogP contribution >= 0.6 is 0 Å². The van der Waals surface area contributed by atoms with Crippen molar-refractivity contribution >= 4 is 79.0 Å². The number of fused-ring (bicyclic) bond motifs is 7. The van der Waals surface area contributed by atoms with Gasteiger partial charge in [-0.05, 0) is 118 Å². The molecule has 0 unspecified atom stereocenters. The van der Waals surface area contributed by atoms with Crippen molar-refractivity contribution in [2.75, 3.05) is 9.80 Å². The first-order valence-electron chi connectivity index (χ1n) is 31.4. The van der Waals surface area contributed by atoms with Gasteiger partial charge in [-0.1, -0.05) is 239 Å². The molecule has 0 aliphatic carbocycles. The van der Waals surface area contributed by atoms with Crippen molar-refractivity contribution in [1.82, 2.24) is 29.5 Å². The highest BCUT2D eigenvalue weighted by Crippen LogP contribution is 2.49. The fourth-order valence-electron chi connectivity index (χ4n) is 13.9. The van der Waals surface area contributed by atoms with E-state index in [1.807, 2.05) is 42.5 Å². The Bertz CT molecular complexity index is 5270. The maximum Gasteiger partial charge on any atom is 0.252 e. The van der Waals surface area contributed by atoms with E-state index >= 15 is 0 Å². The van der Waals surface area contributed by atoms with Gasteiger partial charge in [0.15, 0.2) is 23.3 Å². The van der Waals surface area contributed by atoms with Gasteiger partial charge >= 0.3 is 0 Å². The lowest BCUT2D eigenvalue weighted by molar-refractivity contribution is 0.591. The summed E-state index contributed by atoms with van der Waals surface area (Å²) in [6, 6.07) is 108. The van der Waals surface area contributed by atoms with Crippen LogP contribution in [0.4, 0.5) is 34.1 Å². The minimum atomic E-state index is -0.0622. The molecule has 2 aliphatic rings. The second-order valence-corrected chi connectivity index (χ2v) is 24.8. The molecule has 12 aromatic carbocycles. The molecule has 15 aromatic rings. The van der Waals surface area contributed by atoms with Crippen LogP contribution in [0.1, 0.15) is 26.3 Å². The molecule has 5 heterocycles. The van der Waals surface area contributed by atoms with Crippen molar-refractivity contribution in [3.05, 3.63) is 309 Å². The molecule has 434 valence electrons. The van der Waals surface area contributed by atoms with Crippen molar-refractivity contribution < 1.29 is 0 Å². The monoisotopic (exact) mass is 1180 g/mol. The van der Waals surface area contributed by atoms with Gasteiger partial charge in [-0.3, -0.25) is 0 Å². The summed E-state index contributed by atoms with van der Waals surface area (Å²) in [6.07, 6.45) is 0. The third-order valence-electron chi connectivity index (χ3n) is 18.2. The third-order valence-corrected chi connectivity index (χ3v) is 18.2. The average Bonchev–Trinajstić information content (AvgIpc) is 0.822. The molecule has 92 heavy (non-hydrogen) atoms. The van der Waals surface area contributed by atoms with E-state index in [1.54, 1.807) is 0 Å². The van der Waals surface area contributed by atoms with E-state index in [1.165, 1.54) is 33.0 Å². The summed E-state index contributed by atoms with van der Waals surface area (Å²) in [5.74, 6) is 2.26. The average molecular weight is 1180 g/mol. The van der Waals surface area contributed by atoms with Crippen LogP contribution in [0.2, 0.25) is 0 Å². The van der Waals surface area contributed by atoms with Crippen LogP contribution in [0.25, 0.3) is 107 Å². The molecule has 9 heteroatoms. The normalized spacial score (nSPS) is 12.4. The fraction of sp³-hybridized carbons (Fsp3) is 0.0482. The number of rotatable bonds is 10. The van der Waals surface area contributed by atoms with Crippen molar-refractivity contribution in [3.8, 4) is 84.9 Å². The smallest absolute Gasteiger partial charge is 0.252 e. The van der Waals surface area contributed by atoms with Crippen molar-refractivity contribution in [3.63, 3.8) is 0 Å². The Hall–Kier alpha value is -11.8. The van der Waals surface area contributed by atoms with Gasteiger partial charge in [0.1, 0.15) is 0 Å². The zero-order valence-electron chi connectivity index (χ0n) is 51.0. The topological polar surface area (TPSA) is 75.9 Å². The Labute approximate surface area is 535 Å². The Morgan fingerprint density at radius 1 is 0.304 bits per heavy atom. The number of hydrogen-bond donors (Lipinski definition) is 0. The minimum absolute atomic E-state index is 0.0489. The maximum absolute atomic E-state index is 5.69. The number of nitrogens with zero attached hydrogens (tertiary/aromatic N) is 8. The van der Waals surface area contributed by atoms with E-state index in [-0.39, 0.29) is 12.1 Å². The van der Waals surface area contributed by atoms with Crippen LogP contribution in [0.3, 0.4) is 0 Å². The van der Waals surface area contributed by atoms with Crippen LogP contribution in [0.15, 0.2) is 303 Å². The summed E-state index contributed by atoms with van der Waals surface area (Å²) in [5.41, 5.74) is 23.9. The predicted octanol–water partition coefficient (Wildman–Crippen LogP) is 18.8. The molecule has 0 spiro atoms. The first-order chi connectivity index (χ1) is 45.3. The second kappa shape index (κ2) is 22.0. The Morgan fingerprint density at radius 2 is 0.804 bits per heavy atom. The molecule has 2 aliphatic heterocycles. The Kier molecular flexibility index (Phi) is 13.0. The van der Waals surface area contributed by atoms with Crippen LogP contribution in [0.5, 0.6) is 0 Å². The molecule has 0 bridgehead atoms. The highest BCUT2D eigenvalue weighted by atomic mass is 15.2. The number of benzene rings is 12. The van der Waals surface area contributed by atoms with E-state index in [2.05, 4.69) is 296 Å². The maximum atomic E-state index is 5.69. The van der Waals surface area contributed by atoms with Gasteiger partial charge in [-0.15, -0.1) is 0 Å². The highest BCUT2D eigenvalue weighted by molar-refractivity contribution is 7.00. The summed E-state index contributed by atoms with van der Waals surface area (Å²) < 4.78 is 2.39. The molecular formula is C83H59BN8. The van der Waals surface area contributed by atoms with E-state index in [9.17, 15) is 0 Å². The quantitative estimate of drug-likeness (QED) is 0.126. The molecule has 3 aromatic heterocycles. The standard InChI is InChI=1S/C83H59BN8/c1-83(2,3)60-45-48-72-65(52-60)64-38-19-22-41-71(64)92(72)73-47-44-58(70-53-69(54-26-9-4-10-27-54)85-79(86-70)55-28-11-5-12-29-55)51-66(73)82-88-80(56-30-13-6-14-31-56)87-81(89-82)59-33-25-32-57(50-59)63-46-49-76-77-78(63)91(62-36-17-8-18-37-62)75-43-24-21-40-68(75)84(77)67-39-20-23-42-74(67)90(76)61-34-15-7-16-35-61/h4-53H,1-3H3. The SMILES string of the molecule is CC(C)(C)c1ccc2c(c1)c1ccccc1n2-c1ccc(-c2cc(-c3ccccc3)nc(-c3ccccc3)n2)cc1-c1nc(-c2ccccc2)nc(-c2cccc(-c3ccc4c5c3N(c3ccccc3)c3ccccc3B5c3ccccc3N4c3ccccc3)c2)n1. The molecule has 0 radical (unpaired) electrons. The van der Waals surface area contributed by atoms with Crippen LogP contribution in [0, 0.1) is 0 Å². The molecular weight excluding hydrogens is 1120 g/mol. The van der Waals surface area contributed by atoms with Crippen molar-refractivity contribution in [1.29, 1.82) is 0 Å². The predicted molar refractivity (Wildman–Crippen MR) is 381 cm³/mol. The van der Waals surface area contributed by atoms with Crippen LogP contribution < -0.4 is 26.2 Å². The Balaban J connectivity index is 0.904. The van der Waals surface area contributed by atoms with Crippen LogP contribution in [-0.4, -0.2) is 36.2 Å². The van der Waals surface area contributed by atoms with Crippen molar-refractivity contribution in [2.24, 2.45) is 0 Å². The second-order valence-electron chi connectivity index (χ2n) is 24.8. The molecule has 0 N–H and O–H groups in total. The number of hydrogen-bond acceptors (Lipinski definition) is 7. The molecule has 8 nitrogen and oxygen atoms in total. The molecule has 0 atom stereocenters.